The predicted molar refractivity (Wildman–Crippen MR) is 57.2 cm³/mol. The highest BCUT2D eigenvalue weighted by Crippen LogP contribution is 2.54. The molecule has 2 nitrogen and oxygen atoms in total. The first-order valence-corrected chi connectivity index (χ1v) is 6.42. The summed E-state index contributed by atoms with van der Waals surface area (Å²) in [4.78, 5) is 11.4. The molecule has 3 rings (SSSR count). The second-order valence-electron chi connectivity index (χ2n) is 5.74. The van der Waals surface area contributed by atoms with E-state index in [9.17, 15) is 4.79 Å². The molecule has 0 radical (unpaired) electrons. The molecule has 1 aliphatic heterocycles. The molecular formula is C13H20O2. The fourth-order valence-electron chi connectivity index (χ4n) is 4.23. The van der Waals surface area contributed by atoms with E-state index in [2.05, 4.69) is 6.92 Å². The van der Waals surface area contributed by atoms with Crippen LogP contribution >= 0.6 is 0 Å². The van der Waals surface area contributed by atoms with Crippen molar-refractivity contribution in [2.24, 2.45) is 29.6 Å². The highest BCUT2D eigenvalue weighted by molar-refractivity contribution is 5.74. The number of fused-ring (bicyclic) bond motifs is 2. The smallest absolute Gasteiger partial charge is 0.309 e. The predicted octanol–water partition coefficient (Wildman–Crippen LogP) is 2.62. The summed E-state index contributed by atoms with van der Waals surface area (Å²) >= 11 is 0. The Bertz CT molecular complexity index is 274. The number of hydrogen-bond acceptors (Lipinski definition) is 2. The Morgan fingerprint density at radius 2 is 2.20 bits per heavy atom. The monoisotopic (exact) mass is 208 g/mol. The highest BCUT2D eigenvalue weighted by atomic mass is 16.5. The van der Waals surface area contributed by atoms with Crippen LogP contribution < -0.4 is 0 Å². The third-order valence-electron chi connectivity index (χ3n) is 5.13. The maximum Gasteiger partial charge on any atom is 0.309 e. The molecule has 3 fully saturated rings. The lowest BCUT2D eigenvalue weighted by Gasteiger charge is -2.23. The molecule has 0 spiro atoms. The van der Waals surface area contributed by atoms with Gasteiger partial charge in [-0.15, -0.1) is 0 Å². The Morgan fingerprint density at radius 1 is 1.33 bits per heavy atom. The van der Waals surface area contributed by atoms with Gasteiger partial charge in [0.1, 0.15) is 0 Å². The molecule has 84 valence electrons. The minimum Gasteiger partial charge on any atom is -0.465 e. The van der Waals surface area contributed by atoms with Crippen LogP contribution in [0.5, 0.6) is 0 Å². The summed E-state index contributed by atoms with van der Waals surface area (Å²) in [6, 6.07) is 0. The van der Waals surface area contributed by atoms with Crippen LogP contribution in [0.4, 0.5) is 0 Å². The summed E-state index contributed by atoms with van der Waals surface area (Å²) in [5.41, 5.74) is 0. The Labute approximate surface area is 91.4 Å². The SMILES string of the molecule is CC1C2CCC1C(CC1CCOC1=O)C2. The van der Waals surface area contributed by atoms with Crippen molar-refractivity contribution in [3.63, 3.8) is 0 Å². The molecule has 0 aromatic rings. The molecule has 1 heterocycles. The number of hydrogen-bond donors (Lipinski definition) is 0. The van der Waals surface area contributed by atoms with E-state index < -0.39 is 0 Å². The summed E-state index contributed by atoms with van der Waals surface area (Å²) in [6.07, 6.45) is 6.33. The van der Waals surface area contributed by atoms with Gasteiger partial charge in [0.05, 0.1) is 12.5 Å². The molecular weight excluding hydrogens is 188 g/mol. The van der Waals surface area contributed by atoms with Gasteiger partial charge in [0.25, 0.3) is 0 Å². The first-order valence-electron chi connectivity index (χ1n) is 6.42. The van der Waals surface area contributed by atoms with E-state index in [4.69, 9.17) is 4.74 Å². The highest BCUT2D eigenvalue weighted by Gasteiger charge is 2.46. The topological polar surface area (TPSA) is 26.3 Å². The van der Waals surface area contributed by atoms with Crippen LogP contribution in [0.25, 0.3) is 0 Å². The van der Waals surface area contributed by atoms with Crippen LogP contribution in [0.15, 0.2) is 0 Å². The van der Waals surface area contributed by atoms with Crippen LogP contribution in [-0.2, 0) is 9.53 Å². The summed E-state index contributed by atoms with van der Waals surface area (Å²) < 4.78 is 5.04. The van der Waals surface area contributed by atoms with Gasteiger partial charge >= 0.3 is 5.97 Å². The number of cyclic esters (lactones) is 1. The van der Waals surface area contributed by atoms with Gasteiger partial charge in [-0.3, -0.25) is 4.79 Å². The summed E-state index contributed by atoms with van der Waals surface area (Å²) in [7, 11) is 0. The molecule has 1 saturated heterocycles. The molecule has 2 saturated carbocycles. The average molecular weight is 208 g/mol. The fourth-order valence-corrected chi connectivity index (χ4v) is 4.23. The molecule has 3 aliphatic rings. The zero-order valence-corrected chi connectivity index (χ0v) is 9.45. The molecule has 5 atom stereocenters. The summed E-state index contributed by atoms with van der Waals surface area (Å²) in [5, 5.41) is 0. The third kappa shape index (κ3) is 1.49. The lowest BCUT2D eigenvalue weighted by molar-refractivity contribution is -0.141. The minimum absolute atomic E-state index is 0.0745. The molecule has 0 aromatic carbocycles. The first kappa shape index (κ1) is 9.68. The zero-order chi connectivity index (χ0) is 10.4. The largest absolute Gasteiger partial charge is 0.465 e. The van der Waals surface area contributed by atoms with Crippen LogP contribution in [0.1, 0.15) is 39.0 Å². The van der Waals surface area contributed by atoms with Crippen molar-refractivity contribution >= 4 is 5.97 Å². The second kappa shape index (κ2) is 3.50. The normalized spacial score (nSPS) is 48.6. The molecule has 0 amide bonds. The Morgan fingerprint density at radius 3 is 2.73 bits per heavy atom. The summed E-state index contributed by atoms with van der Waals surface area (Å²) in [6.45, 7) is 3.08. The van der Waals surface area contributed by atoms with E-state index in [1.165, 1.54) is 19.3 Å². The number of ether oxygens (including phenoxy) is 1. The van der Waals surface area contributed by atoms with Crippen molar-refractivity contribution in [2.75, 3.05) is 6.61 Å². The minimum atomic E-state index is 0.0745. The third-order valence-corrected chi connectivity index (χ3v) is 5.13. The maximum absolute atomic E-state index is 11.4. The first-order chi connectivity index (χ1) is 7.25. The molecule has 0 N–H and O–H groups in total. The van der Waals surface area contributed by atoms with E-state index in [1.54, 1.807) is 0 Å². The molecule has 2 aliphatic carbocycles. The number of carbonyl (C=O) groups excluding carboxylic acids is 1. The molecule has 5 unspecified atom stereocenters. The zero-order valence-electron chi connectivity index (χ0n) is 9.45. The summed E-state index contributed by atoms with van der Waals surface area (Å²) in [5.74, 6) is 3.95. The van der Waals surface area contributed by atoms with Crippen LogP contribution in [0.3, 0.4) is 0 Å². The van der Waals surface area contributed by atoms with Gasteiger partial charge in [0, 0.05) is 0 Å². The lowest BCUT2D eigenvalue weighted by Crippen LogP contribution is -2.18. The van der Waals surface area contributed by atoms with Crippen LogP contribution in [-0.4, -0.2) is 12.6 Å². The van der Waals surface area contributed by atoms with Gasteiger partial charge in [-0.1, -0.05) is 6.92 Å². The van der Waals surface area contributed by atoms with E-state index in [-0.39, 0.29) is 11.9 Å². The van der Waals surface area contributed by atoms with Gasteiger partial charge < -0.3 is 4.74 Å². The van der Waals surface area contributed by atoms with Gasteiger partial charge in [0.2, 0.25) is 0 Å². The number of carbonyl (C=O) groups is 1. The van der Waals surface area contributed by atoms with Crippen molar-refractivity contribution in [1.82, 2.24) is 0 Å². The fraction of sp³-hybridized carbons (Fsp3) is 0.923. The quantitative estimate of drug-likeness (QED) is 0.652. The van der Waals surface area contributed by atoms with Crippen LogP contribution in [0, 0.1) is 29.6 Å². The molecule has 0 aromatic heterocycles. The van der Waals surface area contributed by atoms with Crippen molar-refractivity contribution in [3.05, 3.63) is 0 Å². The van der Waals surface area contributed by atoms with E-state index in [1.807, 2.05) is 0 Å². The van der Waals surface area contributed by atoms with Gasteiger partial charge in [-0.05, 0) is 55.8 Å². The molecule has 2 heteroatoms. The van der Waals surface area contributed by atoms with Crippen molar-refractivity contribution in [2.45, 2.75) is 39.0 Å². The van der Waals surface area contributed by atoms with Crippen LogP contribution in [0.2, 0.25) is 0 Å². The van der Waals surface area contributed by atoms with Gasteiger partial charge in [-0.2, -0.15) is 0 Å². The van der Waals surface area contributed by atoms with Crippen molar-refractivity contribution in [3.8, 4) is 0 Å². The number of rotatable bonds is 2. The standard InChI is InChI=1S/C13H20O2/c1-8-9-2-3-12(8)11(6-9)7-10-4-5-15-13(10)14/h8-12H,2-7H2,1H3. The number of esters is 1. The molecule has 2 bridgehead atoms. The lowest BCUT2D eigenvalue weighted by atomic mass is 9.81. The van der Waals surface area contributed by atoms with Gasteiger partial charge in [0.15, 0.2) is 0 Å². The van der Waals surface area contributed by atoms with E-state index >= 15 is 0 Å². The van der Waals surface area contributed by atoms with E-state index in [0.29, 0.717) is 6.61 Å². The van der Waals surface area contributed by atoms with Crippen molar-refractivity contribution < 1.29 is 9.53 Å². The maximum atomic E-state index is 11.4. The Kier molecular flexibility index (Phi) is 2.26. The van der Waals surface area contributed by atoms with Gasteiger partial charge in [-0.25, -0.2) is 0 Å². The average Bonchev–Trinajstić information content (AvgIpc) is 2.85. The Balaban J connectivity index is 1.63. The molecule has 15 heavy (non-hydrogen) atoms. The van der Waals surface area contributed by atoms with Crippen molar-refractivity contribution in [1.29, 1.82) is 0 Å². The Hall–Kier alpha value is -0.530. The second-order valence-corrected chi connectivity index (χ2v) is 5.74. The van der Waals surface area contributed by atoms with E-state index in [0.717, 1.165) is 36.5 Å².